The van der Waals surface area contributed by atoms with Gasteiger partial charge in [-0.2, -0.15) is 5.10 Å². The molecule has 0 saturated carbocycles. The van der Waals surface area contributed by atoms with Crippen LogP contribution in [0, 0.1) is 0 Å². The van der Waals surface area contributed by atoms with Gasteiger partial charge in [0.2, 0.25) is 0 Å². The second kappa shape index (κ2) is 8.67. The van der Waals surface area contributed by atoms with Gasteiger partial charge in [0.25, 0.3) is 5.91 Å². The Hall–Kier alpha value is -1.60. The van der Waals surface area contributed by atoms with E-state index in [2.05, 4.69) is 26.5 Å². The first kappa shape index (κ1) is 18.2. The number of halogens is 2. The van der Waals surface area contributed by atoms with Crippen molar-refractivity contribution in [2.45, 2.75) is 9.10 Å². The highest BCUT2D eigenvalue weighted by atomic mass is 79.9. The van der Waals surface area contributed by atoms with Gasteiger partial charge >= 0.3 is 0 Å². The molecule has 1 aromatic heterocycles. The van der Waals surface area contributed by atoms with Crippen LogP contribution in [0.2, 0.25) is 5.02 Å². The molecule has 1 N–H and O–H groups in total. The van der Waals surface area contributed by atoms with Gasteiger partial charge in [0.1, 0.15) is 0 Å². The highest BCUT2D eigenvalue weighted by Gasteiger charge is 2.04. The van der Waals surface area contributed by atoms with E-state index in [0.717, 1.165) is 23.5 Å². The smallest absolute Gasteiger partial charge is 0.267 e. The monoisotopic (exact) mass is 450 g/mol. The van der Waals surface area contributed by atoms with E-state index in [0.29, 0.717) is 5.56 Å². The van der Waals surface area contributed by atoms with E-state index in [1.165, 1.54) is 0 Å². The van der Waals surface area contributed by atoms with Crippen molar-refractivity contribution in [1.82, 2.24) is 5.43 Å². The van der Waals surface area contributed by atoms with Gasteiger partial charge in [0.05, 0.1) is 10.4 Å². The molecule has 0 spiro atoms. The third-order valence-electron chi connectivity index (χ3n) is 3.08. The summed E-state index contributed by atoms with van der Waals surface area (Å²) in [6, 6.07) is 18.9. The summed E-state index contributed by atoms with van der Waals surface area (Å²) in [5.74, 6) is -0.245. The van der Waals surface area contributed by atoms with Crippen LogP contribution >= 0.6 is 50.6 Å². The Labute approximate surface area is 167 Å². The molecule has 126 valence electrons. The zero-order valence-electron chi connectivity index (χ0n) is 12.8. The number of nitrogens with zero attached hydrogens (tertiary/aromatic N) is 1. The van der Waals surface area contributed by atoms with Crippen LogP contribution < -0.4 is 5.43 Å². The number of benzene rings is 2. The zero-order chi connectivity index (χ0) is 17.6. The average molecular weight is 452 g/mol. The topological polar surface area (TPSA) is 41.5 Å². The van der Waals surface area contributed by atoms with Crippen LogP contribution in [-0.4, -0.2) is 12.1 Å². The van der Waals surface area contributed by atoms with Gasteiger partial charge in [-0.05, 0) is 54.6 Å². The average Bonchev–Trinajstić information content (AvgIpc) is 3.04. The number of hydrogen-bond donors (Lipinski definition) is 1. The summed E-state index contributed by atoms with van der Waals surface area (Å²) in [6.45, 7) is 0. The van der Waals surface area contributed by atoms with E-state index in [1.807, 2.05) is 48.5 Å². The van der Waals surface area contributed by atoms with E-state index < -0.39 is 0 Å². The highest BCUT2D eigenvalue weighted by Crippen LogP contribution is 2.33. The van der Waals surface area contributed by atoms with E-state index in [1.54, 1.807) is 41.4 Å². The molecule has 0 unspecified atom stereocenters. The molecule has 0 atom stereocenters. The lowest BCUT2D eigenvalue weighted by atomic mass is 10.2. The van der Waals surface area contributed by atoms with Crippen molar-refractivity contribution in [3.05, 3.63) is 80.6 Å². The Morgan fingerprint density at radius 1 is 1.16 bits per heavy atom. The minimum Gasteiger partial charge on any atom is -0.267 e. The fraction of sp³-hybridized carbons (Fsp3) is 0. The SMILES string of the molecule is O=C(N/N=C\c1ccc(Sc2ccc(Cl)cc2)s1)c1cccc(Br)c1. The van der Waals surface area contributed by atoms with Crippen LogP contribution in [0.5, 0.6) is 0 Å². The van der Waals surface area contributed by atoms with Crippen molar-refractivity contribution in [2.24, 2.45) is 5.10 Å². The minimum atomic E-state index is -0.245. The summed E-state index contributed by atoms with van der Waals surface area (Å²) >= 11 is 12.5. The van der Waals surface area contributed by atoms with Gasteiger partial charge in [0.15, 0.2) is 0 Å². The van der Waals surface area contributed by atoms with Crippen LogP contribution in [-0.2, 0) is 0 Å². The number of hydrazone groups is 1. The van der Waals surface area contributed by atoms with Crippen molar-refractivity contribution in [2.75, 3.05) is 0 Å². The predicted molar refractivity (Wildman–Crippen MR) is 109 cm³/mol. The molecule has 3 aromatic rings. The Bertz CT molecular complexity index is 909. The molecule has 7 heteroatoms. The van der Waals surface area contributed by atoms with Crippen molar-refractivity contribution in [3.8, 4) is 0 Å². The third kappa shape index (κ3) is 5.44. The van der Waals surface area contributed by atoms with Gasteiger partial charge in [-0.25, -0.2) is 5.43 Å². The molecular formula is C18H12BrClN2OS2. The maximum absolute atomic E-state index is 12.0. The lowest BCUT2D eigenvalue weighted by molar-refractivity contribution is 0.0955. The Kier molecular flexibility index (Phi) is 6.31. The number of carbonyl (C=O) groups is 1. The molecule has 0 bridgehead atoms. The quantitative estimate of drug-likeness (QED) is 0.377. The predicted octanol–water partition coefficient (Wildman–Crippen LogP) is 6.08. The molecule has 0 aliphatic rings. The maximum atomic E-state index is 12.0. The number of amides is 1. The lowest BCUT2D eigenvalue weighted by Crippen LogP contribution is -2.17. The minimum absolute atomic E-state index is 0.245. The van der Waals surface area contributed by atoms with Crippen LogP contribution in [0.1, 0.15) is 15.2 Å². The molecule has 3 nitrogen and oxygen atoms in total. The van der Waals surface area contributed by atoms with Crippen LogP contribution in [0.3, 0.4) is 0 Å². The first-order chi connectivity index (χ1) is 12.1. The maximum Gasteiger partial charge on any atom is 0.271 e. The van der Waals surface area contributed by atoms with Gasteiger partial charge in [-0.1, -0.05) is 45.4 Å². The van der Waals surface area contributed by atoms with Gasteiger partial charge in [0, 0.05) is 24.8 Å². The Morgan fingerprint density at radius 3 is 2.72 bits per heavy atom. The molecule has 0 fully saturated rings. The number of hydrogen-bond acceptors (Lipinski definition) is 4. The Balaban J connectivity index is 1.58. The molecule has 25 heavy (non-hydrogen) atoms. The summed E-state index contributed by atoms with van der Waals surface area (Å²) in [6.07, 6.45) is 1.65. The summed E-state index contributed by atoms with van der Waals surface area (Å²) in [7, 11) is 0. The standard InChI is InChI=1S/C18H12BrClN2OS2/c19-13-3-1-2-12(10-13)18(23)22-21-11-16-8-9-17(25-16)24-15-6-4-14(20)5-7-15/h1-11H,(H,22,23)/b21-11-. The lowest BCUT2D eigenvalue weighted by Gasteiger charge is -1.99. The number of nitrogens with one attached hydrogen (secondary N) is 1. The summed E-state index contributed by atoms with van der Waals surface area (Å²) in [5, 5.41) is 4.75. The summed E-state index contributed by atoms with van der Waals surface area (Å²) in [5.41, 5.74) is 3.09. The van der Waals surface area contributed by atoms with E-state index in [9.17, 15) is 4.79 Å². The second-order valence-electron chi connectivity index (χ2n) is 4.92. The van der Waals surface area contributed by atoms with Crippen molar-refractivity contribution in [1.29, 1.82) is 0 Å². The fourth-order valence-electron chi connectivity index (χ4n) is 1.93. The number of thiophene rings is 1. The fourth-order valence-corrected chi connectivity index (χ4v) is 4.45. The van der Waals surface area contributed by atoms with E-state index in [4.69, 9.17) is 11.6 Å². The number of rotatable bonds is 5. The summed E-state index contributed by atoms with van der Waals surface area (Å²) in [4.78, 5) is 14.1. The zero-order valence-corrected chi connectivity index (χ0v) is 16.8. The molecule has 2 aromatic carbocycles. The van der Waals surface area contributed by atoms with Gasteiger partial charge in [-0.3, -0.25) is 4.79 Å². The van der Waals surface area contributed by atoms with Crippen molar-refractivity contribution < 1.29 is 4.79 Å². The largest absolute Gasteiger partial charge is 0.271 e. The molecule has 3 rings (SSSR count). The van der Waals surface area contributed by atoms with Gasteiger partial charge in [-0.15, -0.1) is 11.3 Å². The van der Waals surface area contributed by atoms with Crippen LogP contribution in [0.4, 0.5) is 0 Å². The number of carbonyl (C=O) groups excluding carboxylic acids is 1. The highest BCUT2D eigenvalue weighted by molar-refractivity contribution is 9.10. The normalized spacial score (nSPS) is 11.0. The molecule has 1 amide bonds. The summed E-state index contributed by atoms with van der Waals surface area (Å²) < 4.78 is 1.99. The van der Waals surface area contributed by atoms with Crippen molar-refractivity contribution >= 4 is 62.8 Å². The Morgan fingerprint density at radius 2 is 1.96 bits per heavy atom. The third-order valence-corrected chi connectivity index (χ3v) is 5.98. The van der Waals surface area contributed by atoms with Gasteiger partial charge < -0.3 is 0 Å². The molecule has 0 aliphatic heterocycles. The molecule has 0 aliphatic carbocycles. The molecule has 0 radical (unpaired) electrons. The second-order valence-corrected chi connectivity index (χ2v) is 8.76. The van der Waals surface area contributed by atoms with Crippen LogP contribution in [0.15, 0.2) is 79.3 Å². The molecule has 0 saturated heterocycles. The van der Waals surface area contributed by atoms with E-state index in [-0.39, 0.29) is 5.91 Å². The van der Waals surface area contributed by atoms with E-state index >= 15 is 0 Å². The first-order valence-electron chi connectivity index (χ1n) is 7.22. The van der Waals surface area contributed by atoms with Crippen molar-refractivity contribution in [3.63, 3.8) is 0 Å². The molecular weight excluding hydrogens is 440 g/mol. The molecule has 1 heterocycles. The van der Waals surface area contributed by atoms with Crippen LogP contribution in [0.25, 0.3) is 0 Å². The first-order valence-corrected chi connectivity index (χ1v) is 10.0.